The Bertz CT molecular complexity index is 310. The number of halogens is 1. The monoisotopic (exact) mass is 257 g/mol. The molecule has 0 saturated heterocycles. The van der Waals surface area contributed by atoms with Crippen molar-refractivity contribution in [2.45, 2.75) is 29.4 Å². The second-order valence-electron chi connectivity index (χ2n) is 3.36. The molecule has 70 valence electrons. The summed E-state index contributed by atoms with van der Waals surface area (Å²) in [6.07, 6.45) is 4.12. The number of thioether (sulfide) groups is 1. The fraction of sp³-hybridized carbons (Fsp3) is 0.400. The van der Waals surface area contributed by atoms with Crippen molar-refractivity contribution in [3.63, 3.8) is 0 Å². The molecule has 1 saturated carbocycles. The van der Waals surface area contributed by atoms with Gasteiger partial charge in [0.1, 0.15) is 0 Å². The van der Waals surface area contributed by atoms with E-state index in [0.717, 1.165) is 15.4 Å². The zero-order chi connectivity index (χ0) is 9.26. The second kappa shape index (κ2) is 3.93. The predicted octanol–water partition coefficient (Wildman–Crippen LogP) is 3.68. The minimum atomic E-state index is 0.824. The highest BCUT2D eigenvalue weighted by atomic mass is 79.9. The average Bonchev–Trinajstić information content (AvgIpc) is 1.99. The van der Waals surface area contributed by atoms with Crippen LogP contribution in [0.5, 0.6) is 0 Å². The first kappa shape index (κ1) is 9.41. The third kappa shape index (κ3) is 2.20. The van der Waals surface area contributed by atoms with E-state index in [-0.39, 0.29) is 0 Å². The lowest BCUT2D eigenvalue weighted by molar-refractivity contribution is 0.522. The summed E-state index contributed by atoms with van der Waals surface area (Å²) >= 11 is 5.49. The van der Waals surface area contributed by atoms with Crippen LogP contribution >= 0.6 is 27.7 Å². The Labute approximate surface area is 91.2 Å². The number of hydrogen-bond donors (Lipinski definition) is 1. The van der Waals surface area contributed by atoms with Crippen molar-refractivity contribution in [3.8, 4) is 0 Å². The van der Waals surface area contributed by atoms with Crippen LogP contribution in [-0.2, 0) is 0 Å². The molecule has 0 aliphatic heterocycles. The highest BCUT2D eigenvalue weighted by Gasteiger charge is 2.19. The molecule has 0 radical (unpaired) electrons. The van der Waals surface area contributed by atoms with Crippen LogP contribution in [0.4, 0.5) is 5.69 Å². The molecular weight excluding hydrogens is 246 g/mol. The first-order chi connectivity index (χ1) is 6.25. The van der Waals surface area contributed by atoms with Gasteiger partial charge in [-0.2, -0.15) is 0 Å². The third-order valence-electron chi connectivity index (χ3n) is 2.30. The van der Waals surface area contributed by atoms with E-state index in [4.69, 9.17) is 5.73 Å². The first-order valence-electron chi connectivity index (χ1n) is 4.47. The summed E-state index contributed by atoms with van der Waals surface area (Å²) in [6.45, 7) is 0. The maximum atomic E-state index is 5.67. The van der Waals surface area contributed by atoms with Crippen molar-refractivity contribution < 1.29 is 0 Å². The zero-order valence-electron chi connectivity index (χ0n) is 7.29. The Kier molecular flexibility index (Phi) is 2.84. The smallest absolute Gasteiger partial charge is 0.0331 e. The molecule has 13 heavy (non-hydrogen) atoms. The van der Waals surface area contributed by atoms with E-state index < -0.39 is 0 Å². The van der Waals surface area contributed by atoms with Gasteiger partial charge in [0.2, 0.25) is 0 Å². The van der Waals surface area contributed by atoms with Crippen LogP contribution in [0.15, 0.2) is 27.6 Å². The number of rotatable bonds is 2. The lowest BCUT2D eigenvalue weighted by atomic mass is 10.0. The second-order valence-corrected chi connectivity index (χ2v) is 5.56. The van der Waals surface area contributed by atoms with Gasteiger partial charge in [-0.1, -0.05) is 6.42 Å². The van der Waals surface area contributed by atoms with Crippen molar-refractivity contribution in [3.05, 3.63) is 22.7 Å². The Morgan fingerprint density at radius 2 is 2.15 bits per heavy atom. The summed E-state index contributed by atoms with van der Waals surface area (Å²) in [6, 6.07) is 6.04. The lowest BCUT2D eigenvalue weighted by Crippen LogP contribution is -2.12. The predicted molar refractivity (Wildman–Crippen MR) is 62.1 cm³/mol. The average molecular weight is 258 g/mol. The van der Waals surface area contributed by atoms with Crippen LogP contribution in [-0.4, -0.2) is 5.25 Å². The number of hydrogen-bond acceptors (Lipinski definition) is 2. The van der Waals surface area contributed by atoms with Crippen LogP contribution in [0.25, 0.3) is 0 Å². The Morgan fingerprint density at radius 1 is 1.38 bits per heavy atom. The Hall–Kier alpha value is -0.150. The van der Waals surface area contributed by atoms with E-state index in [9.17, 15) is 0 Å². The topological polar surface area (TPSA) is 26.0 Å². The molecule has 0 heterocycles. The quantitative estimate of drug-likeness (QED) is 0.819. The lowest BCUT2D eigenvalue weighted by Gasteiger charge is -2.24. The van der Waals surface area contributed by atoms with Crippen LogP contribution in [0, 0.1) is 0 Å². The third-order valence-corrected chi connectivity index (χ3v) is 4.63. The molecule has 1 aromatic carbocycles. The minimum absolute atomic E-state index is 0.824. The SMILES string of the molecule is Nc1ccc(SC2CCC2)c(Br)c1. The van der Waals surface area contributed by atoms with Crippen molar-refractivity contribution in [1.82, 2.24) is 0 Å². The van der Waals surface area contributed by atoms with E-state index in [1.54, 1.807) is 0 Å². The fourth-order valence-electron chi connectivity index (χ4n) is 1.28. The normalized spacial score (nSPS) is 17.0. The van der Waals surface area contributed by atoms with Crippen molar-refractivity contribution in [2.24, 2.45) is 0 Å². The number of anilines is 1. The molecule has 0 aromatic heterocycles. The van der Waals surface area contributed by atoms with Crippen LogP contribution in [0.1, 0.15) is 19.3 Å². The highest BCUT2D eigenvalue weighted by Crippen LogP contribution is 2.39. The summed E-state index contributed by atoms with van der Waals surface area (Å²) < 4.78 is 1.13. The summed E-state index contributed by atoms with van der Waals surface area (Å²) in [5, 5.41) is 0.833. The van der Waals surface area contributed by atoms with E-state index >= 15 is 0 Å². The molecular formula is C10H12BrNS. The molecule has 1 aromatic rings. The Morgan fingerprint density at radius 3 is 2.69 bits per heavy atom. The molecule has 2 N–H and O–H groups in total. The summed E-state index contributed by atoms with van der Waals surface area (Å²) in [5.74, 6) is 0. The first-order valence-corrected chi connectivity index (χ1v) is 6.14. The van der Waals surface area contributed by atoms with Gasteiger partial charge in [0, 0.05) is 20.3 Å². The van der Waals surface area contributed by atoms with E-state index in [1.807, 2.05) is 23.9 Å². The van der Waals surface area contributed by atoms with Gasteiger partial charge in [0.05, 0.1) is 0 Å². The van der Waals surface area contributed by atoms with E-state index in [2.05, 4.69) is 22.0 Å². The van der Waals surface area contributed by atoms with Gasteiger partial charge in [-0.3, -0.25) is 0 Å². The fourth-order valence-corrected chi connectivity index (χ4v) is 3.20. The molecule has 1 nitrogen and oxygen atoms in total. The van der Waals surface area contributed by atoms with Crippen molar-refractivity contribution in [1.29, 1.82) is 0 Å². The molecule has 0 unspecified atom stereocenters. The number of benzene rings is 1. The van der Waals surface area contributed by atoms with E-state index in [1.165, 1.54) is 24.2 Å². The van der Waals surface area contributed by atoms with Gasteiger partial charge in [-0.15, -0.1) is 11.8 Å². The van der Waals surface area contributed by atoms with Gasteiger partial charge in [-0.25, -0.2) is 0 Å². The van der Waals surface area contributed by atoms with Crippen molar-refractivity contribution in [2.75, 3.05) is 5.73 Å². The van der Waals surface area contributed by atoms with Gasteiger partial charge < -0.3 is 5.73 Å². The molecule has 2 rings (SSSR count). The van der Waals surface area contributed by atoms with Gasteiger partial charge in [0.15, 0.2) is 0 Å². The van der Waals surface area contributed by atoms with E-state index in [0.29, 0.717) is 0 Å². The highest BCUT2D eigenvalue weighted by molar-refractivity contribution is 9.10. The molecule has 1 aliphatic carbocycles. The zero-order valence-corrected chi connectivity index (χ0v) is 9.70. The van der Waals surface area contributed by atoms with Crippen LogP contribution in [0.2, 0.25) is 0 Å². The minimum Gasteiger partial charge on any atom is -0.399 e. The van der Waals surface area contributed by atoms with Crippen LogP contribution in [0.3, 0.4) is 0 Å². The maximum Gasteiger partial charge on any atom is 0.0331 e. The van der Waals surface area contributed by atoms with Crippen molar-refractivity contribution >= 4 is 33.4 Å². The standard InChI is InChI=1S/C10H12BrNS/c11-9-6-7(12)4-5-10(9)13-8-2-1-3-8/h4-6,8H,1-3,12H2. The van der Waals surface area contributed by atoms with Crippen LogP contribution < -0.4 is 5.73 Å². The molecule has 0 atom stereocenters. The largest absolute Gasteiger partial charge is 0.399 e. The molecule has 3 heteroatoms. The summed E-state index contributed by atoms with van der Waals surface area (Å²) in [7, 11) is 0. The molecule has 0 amide bonds. The maximum absolute atomic E-state index is 5.67. The Balaban J connectivity index is 2.10. The molecule has 1 fully saturated rings. The summed E-state index contributed by atoms with van der Waals surface area (Å²) in [4.78, 5) is 1.32. The molecule has 1 aliphatic rings. The molecule has 0 bridgehead atoms. The van der Waals surface area contributed by atoms with Gasteiger partial charge >= 0.3 is 0 Å². The number of nitrogens with two attached hydrogens (primary N) is 1. The van der Waals surface area contributed by atoms with Gasteiger partial charge in [0.25, 0.3) is 0 Å². The summed E-state index contributed by atoms with van der Waals surface area (Å²) in [5.41, 5.74) is 6.49. The molecule has 0 spiro atoms. The van der Waals surface area contributed by atoms with Gasteiger partial charge in [-0.05, 0) is 47.0 Å². The number of nitrogen functional groups attached to an aromatic ring is 1.